The topological polar surface area (TPSA) is 116 Å². The summed E-state index contributed by atoms with van der Waals surface area (Å²) in [7, 11) is 11.0. The van der Waals surface area contributed by atoms with Crippen molar-refractivity contribution in [2.45, 2.75) is 0 Å². The van der Waals surface area contributed by atoms with Crippen LogP contribution >= 0.6 is 0 Å². The first-order chi connectivity index (χ1) is 19.4. The molecule has 0 unspecified atom stereocenters. The summed E-state index contributed by atoms with van der Waals surface area (Å²) in [6, 6.07) is 7.48. The van der Waals surface area contributed by atoms with E-state index in [0.717, 1.165) is 57.6 Å². The molecule has 0 aromatic carbocycles. The Labute approximate surface area is 250 Å². The third-order valence-electron chi connectivity index (χ3n) is 6.27. The molecule has 13 heteroatoms. The van der Waals surface area contributed by atoms with Crippen LogP contribution in [-0.4, -0.2) is 62.4 Å². The Balaban J connectivity index is 0.000000184. The molecule has 0 saturated heterocycles. The van der Waals surface area contributed by atoms with E-state index in [1.807, 2.05) is 95.5 Å². The van der Waals surface area contributed by atoms with E-state index in [1.54, 1.807) is 39.0 Å². The monoisotopic (exact) mass is 730 g/mol. The van der Waals surface area contributed by atoms with Gasteiger partial charge in [-0.2, -0.15) is 0 Å². The molecule has 0 atom stereocenters. The minimum Gasteiger partial charge on any atom is -0.497 e. The van der Waals surface area contributed by atoms with Crippen LogP contribution in [0.2, 0.25) is 0 Å². The molecule has 12 nitrogen and oxygen atoms in total. The molecular weight excluding hydrogens is 699 g/mol. The average Bonchev–Trinajstić information content (AvgIpc) is 3.77. The Morgan fingerprint density at radius 2 is 0.707 bits per heavy atom. The van der Waals surface area contributed by atoms with E-state index in [-0.39, 0.29) is 19.8 Å². The molecule has 0 aliphatic heterocycles. The molecule has 0 amide bonds. The van der Waals surface area contributed by atoms with Gasteiger partial charge >= 0.3 is 0 Å². The maximum Gasteiger partial charge on any atom is 0.158 e. The molecule has 6 heterocycles. The molecule has 0 spiro atoms. The van der Waals surface area contributed by atoms with Crippen molar-refractivity contribution in [3.8, 4) is 57.6 Å². The van der Waals surface area contributed by atoms with Crippen LogP contribution in [0.25, 0.3) is 46.1 Å². The van der Waals surface area contributed by atoms with Gasteiger partial charge in [0, 0.05) is 122 Å². The van der Waals surface area contributed by atoms with E-state index < -0.39 is 0 Å². The van der Waals surface area contributed by atoms with Crippen LogP contribution in [0.3, 0.4) is 0 Å². The summed E-state index contributed by atoms with van der Waals surface area (Å²) in [6.45, 7) is 0. The Morgan fingerprint density at radius 3 is 0.878 bits per heavy atom. The van der Waals surface area contributed by atoms with Crippen LogP contribution < -0.4 is 9.47 Å². The number of hydrogen-bond acceptors (Lipinski definition) is 8. The molecule has 0 aliphatic rings. The number of methoxy groups -OCH3 is 2. The quantitative estimate of drug-likeness (QED) is 0.255. The number of aromatic nitrogens is 10. The molecule has 6 rings (SSSR count). The van der Waals surface area contributed by atoms with Crippen molar-refractivity contribution in [2.75, 3.05) is 14.2 Å². The summed E-state index contributed by atoms with van der Waals surface area (Å²) in [5.74, 6) is 4.63. The van der Waals surface area contributed by atoms with Crippen LogP contribution in [0, 0.1) is 0 Å². The van der Waals surface area contributed by atoms with Gasteiger partial charge in [-0.05, 0) is 0 Å². The average molecular weight is 729 g/mol. The number of aryl methyl sites for hydroxylation is 4. The molecule has 0 radical (unpaired) electrons. The van der Waals surface area contributed by atoms with Crippen molar-refractivity contribution in [2.24, 2.45) is 28.2 Å². The van der Waals surface area contributed by atoms with Crippen LogP contribution in [0.1, 0.15) is 0 Å². The van der Waals surface area contributed by atoms with E-state index in [1.165, 1.54) is 0 Å². The number of hydrogen-bond donors (Lipinski definition) is 0. The van der Waals surface area contributed by atoms with Crippen LogP contribution in [0.5, 0.6) is 11.5 Å². The molecule has 212 valence electrons. The molecule has 0 saturated carbocycles. The van der Waals surface area contributed by atoms with E-state index in [4.69, 9.17) is 9.47 Å². The molecule has 41 heavy (non-hydrogen) atoms. The van der Waals surface area contributed by atoms with E-state index in [0.29, 0.717) is 0 Å². The third-order valence-corrected chi connectivity index (χ3v) is 6.27. The predicted molar refractivity (Wildman–Crippen MR) is 150 cm³/mol. The van der Waals surface area contributed by atoms with Crippen molar-refractivity contribution in [1.29, 1.82) is 0 Å². The summed E-state index contributed by atoms with van der Waals surface area (Å²) in [4.78, 5) is 26.6. The normalized spacial score (nSPS) is 10.5. The Bertz CT molecular complexity index is 1510. The fourth-order valence-electron chi connectivity index (χ4n) is 4.15. The van der Waals surface area contributed by atoms with Crippen molar-refractivity contribution < 1.29 is 29.3 Å². The summed E-state index contributed by atoms with van der Waals surface area (Å²) >= 11 is 0. The number of imidazole rings is 4. The van der Waals surface area contributed by atoms with Gasteiger partial charge in [-0.1, -0.05) is 0 Å². The van der Waals surface area contributed by atoms with Gasteiger partial charge in [0.1, 0.15) is 34.3 Å². The molecular formula is C28H30N10O2Os. The first-order valence-electron chi connectivity index (χ1n) is 12.4. The number of nitrogens with zero attached hydrogens (tertiary/aromatic N) is 10. The zero-order valence-corrected chi connectivity index (χ0v) is 26.1. The standard InChI is InChI=1S/2C14H15N5O.Os/c2*1-18-6-4-15-13(18)11-8-10(20-3)9-12(17-11)14-16-5-7-19(14)2;/h2*4-9H,1-3H3;. The fourth-order valence-corrected chi connectivity index (χ4v) is 4.15. The summed E-state index contributed by atoms with van der Waals surface area (Å²) < 4.78 is 18.4. The Morgan fingerprint density at radius 1 is 0.463 bits per heavy atom. The van der Waals surface area contributed by atoms with Gasteiger partial charge < -0.3 is 27.7 Å². The third kappa shape index (κ3) is 6.25. The van der Waals surface area contributed by atoms with E-state index in [9.17, 15) is 0 Å². The van der Waals surface area contributed by atoms with E-state index >= 15 is 0 Å². The van der Waals surface area contributed by atoms with Gasteiger partial charge in [0.25, 0.3) is 0 Å². The van der Waals surface area contributed by atoms with Crippen LogP contribution in [0.15, 0.2) is 73.8 Å². The van der Waals surface area contributed by atoms with Gasteiger partial charge in [-0.3, -0.25) is 0 Å². The van der Waals surface area contributed by atoms with Crippen molar-refractivity contribution in [3.63, 3.8) is 0 Å². The summed E-state index contributed by atoms with van der Waals surface area (Å²) in [5, 5.41) is 0. The van der Waals surface area contributed by atoms with Crippen molar-refractivity contribution in [1.82, 2.24) is 48.2 Å². The van der Waals surface area contributed by atoms with Crippen LogP contribution in [-0.2, 0) is 48.0 Å². The smallest absolute Gasteiger partial charge is 0.158 e. The molecule has 0 N–H and O–H groups in total. The van der Waals surface area contributed by atoms with E-state index in [2.05, 4.69) is 29.9 Å². The first kappa shape index (κ1) is 29.4. The van der Waals surface area contributed by atoms with Gasteiger partial charge in [0.2, 0.25) is 0 Å². The minimum atomic E-state index is 0. The van der Waals surface area contributed by atoms with Crippen LogP contribution in [0.4, 0.5) is 0 Å². The van der Waals surface area contributed by atoms with Crippen molar-refractivity contribution >= 4 is 0 Å². The second-order valence-electron chi connectivity index (χ2n) is 9.00. The number of rotatable bonds is 6. The zero-order chi connectivity index (χ0) is 28.2. The molecule has 0 aliphatic carbocycles. The van der Waals surface area contributed by atoms with Gasteiger partial charge in [-0.15, -0.1) is 0 Å². The second-order valence-corrected chi connectivity index (χ2v) is 9.00. The predicted octanol–water partition coefficient (Wildman–Crippen LogP) is 3.78. The summed E-state index contributed by atoms with van der Waals surface area (Å²) in [6.07, 6.45) is 14.5. The number of pyridine rings is 2. The fraction of sp³-hybridized carbons (Fsp3) is 0.214. The SMILES string of the molecule is COc1cc(-c2nccn2C)nc(-c2nccn2C)c1.COc1cc(-c2nccn2C)nc(-c2nccn2C)c1.[Os]. The minimum absolute atomic E-state index is 0. The van der Waals surface area contributed by atoms with Gasteiger partial charge in [0.05, 0.1) is 14.2 Å². The first-order valence-corrected chi connectivity index (χ1v) is 12.4. The Kier molecular flexibility index (Phi) is 9.09. The van der Waals surface area contributed by atoms with Gasteiger partial charge in [0.15, 0.2) is 23.3 Å². The molecule has 6 aromatic heterocycles. The zero-order valence-electron chi connectivity index (χ0n) is 23.6. The maximum atomic E-state index is 5.36. The molecule has 0 bridgehead atoms. The number of ether oxygens (including phenoxy) is 2. The maximum absolute atomic E-state index is 5.36. The van der Waals surface area contributed by atoms with Gasteiger partial charge in [-0.25, -0.2) is 29.9 Å². The Hall–Kier alpha value is -4.62. The van der Waals surface area contributed by atoms with Crippen molar-refractivity contribution in [3.05, 3.63) is 73.8 Å². The molecule has 0 fully saturated rings. The largest absolute Gasteiger partial charge is 0.497 e. The molecule has 6 aromatic rings. The second kappa shape index (κ2) is 12.7. The summed E-state index contributed by atoms with van der Waals surface area (Å²) in [5.41, 5.74) is 3.04.